The van der Waals surface area contributed by atoms with Crippen molar-refractivity contribution < 1.29 is 9.53 Å². The zero-order valence-electron chi connectivity index (χ0n) is 6.74. The lowest BCUT2D eigenvalue weighted by Gasteiger charge is -2.02. The van der Waals surface area contributed by atoms with E-state index < -0.39 is 0 Å². The van der Waals surface area contributed by atoms with Crippen molar-refractivity contribution in [1.29, 1.82) is 0 Å². The fourth-order valence-electron chi connectivity index (χ4n) is 0.927. The molecule has 1 aromatic carbocycles. The average Bonchev–Trinajstić information content (AvgIpc) is 2.85. The molecule has 0 heterocycles. The Labute approximate surface area is 84.3 Å². The van der Waals surface area contributed by atoms with Crippen molar-refractivity contribution >= 4 is 21.9 Å². The maximum atomic E-state index is 11.2. The van der Waals surface area contributed by atoms with E-state index in [2.05, 4.69) is 15.9 Å². The van der Waals surface area contributed by atoms with Crippen LogP contribution in [0.3, 0.4) is 0 Å². The lowest BCUT2D eigenvalue weighted by molar-refractivity contribution is -0.135. The molecule has 13 heavy (non-hydrogen) atoms. The van der Waals surface area contributed by atoms with Gasteiger partial charge in [0.25, 0.3) is 0 Å². The number of ether oxygens (including phenoxy) is 1. The Morgan fingerprint density at radius 3 is 2.77 bits per heavy atom. The molecule has 0 N–H and O–H groups in total. The van der Waals surface area contributed by atoms with Crippen molar-refractivity contribution in [3.63, 3.8) is 0 Å². The maximum absolute atomic E-state index is 11.2. The average molecular weight is 239 g/mol. The minimum atomic E-state index is -0.210. The summed E-state index contributed by atoms with van der Waals surface area (Å²) in [5, 5.41) is 0. The summed E-state index contributed by atoms with van der Waals surface area (Å²) in [6.07, 6.45) is 3.61. The van der Waals surface area contributed by atoms with Gasteiger partial charge in [0.1, 0.15) is 5.75 Å². The molecule has 0 unspecified atom stereocenters. The summed E-state index contributed by atoms with van der Waals surface area (Å²) in [4.78, 5) is 11.2. The summed E-state index contributed by atoms with van der Waals surface area (Å²) in [5.41, 5.74) is 0. The Kier molecular flexibility index (Phi) is 2.19. The highest BCUT2D eigenvalue weighted by molar-refractivity contribution is 9.10. The summed E-state index contributed by atoms with van der Waals surface area (Å²) in [5.74, 6) is 0.269. The third kappa shape index (κ3) is 2.18. The van der Waals surface area contributed by atoms with Crippen molar-refractivity contribution in [2.45, 2.75) is 0 Å². The Morgan fingerprint density at radius 1 is 1.38 bits per heavy atom. The SMILES string of the molecule is O=C(Oc1cccc(Br)c1)C1C=C1. The summed E-state index contributed by atoms with van der Waals surface area (Å²) in [6, 6.07) is 7.23. The van der Waals surface area contributed by atoms with Crippen molar-refractivity contribution in [2.24, 2.45) is 5.92 Å². The van der Waals surface area contributed by atoms with Gasteiger partial charge in [0.15, 0.2) is 0 Å². The van der Waals surface area contributed by atoms with Crippen LogP contribution in [-0.2, 0) is 4.79 Å². The number of esters is 1. The smallest absolute Gasteiger partial charge is 0.322 e. The Morgan fingerprint density at radius 2 is 2.15 bits per heavy atom. The van der Waals surface area contributed by atoms with Crippen LogP contribution in [0.4, 0.5) is 0 Å². The monoisotopic (exact) mass is 238 g/mol. The first-order valence-corrected chi connectivity index (χ1v) is 4.70. The summed E-state index contributed by atoms with van der Waals surface area (Å²) in [7, 11) is 0. The van der Waals surface area contributed by atoms with Crippen LogP contribution in [0.2, 0.25) is 0 Å². The Bertz CT molecular complexity index is 365. The van der Waals surface area contributed by atoms with Gasteiger partial charge in [-0.3, -0.25) is 4.79 Å². The number of carbonyl (C=O) groups is 1. The fraction of sp³-hybridized carbons (Fsp3) is 0.100. The largest absolute Gasteiger partial charge is 0.426 e. The van der Waals surface area contributed by atoms with Crippen molar-refractivity contribution in [2.75, 3.05) is 0 Å². The molecule has 0 aliphatic heterocycles. The molecule has 66 valence electrons. The van der Waals surface area contributed by atoms with E-state index in [1.165, 1.54) is 0 Å². The van der Waals surface area contributed by atoms with E-state index in [1.807, 2.05) is 12.1 Å². The molecule has 2 nitrogen and oxygen atoms in total. The van der Waals surface area contributed by atoms with E-state index in [-0.39, 0.29) is 11.9 Å². The van der Waals surface area contributed by atoms with Crippen LogP contribution < -0.4 is 4.74 Å². The van der Waals surface area contributed by atoms with Gasteiger partial charge in [-0.1, -0.05) is 34.1 Å². The van der Waals surface area contributed by atoms with Crippen LogP contribution in [0.25, 0.3) is 0 Å². The Hall–Kier alpha value is -1.09. The highest BCUT2D eigenvalue weighted by Gasteiger charge is 2.22. The van der Waals surface area contributed by atoms with Crippen LogP contribution in [0.1, 0.15) is 0 Å². The van der Waals surface area contributed by atoms with Crippen LogP contribution in [-0.4, -0.2) is 5.97 Å². The van der Waals surface area contributed by atoms with Crippen molar-refractivity contribution in [1.82, 2.24) is 0 Å². The first-order valence-electron chi connectivity index (χ1n) is 3.91. The molecular weight excluding hydrogens is 232 g/mol. The molecule has 0 fully saturated rings. The van der Waals surface area contributed by atoms with Crippen molar-refractivity contribution in [3.05, 3.63) is 40.9 Å². The van der Waals surface area contributed by atoms with Crippen LogP contribution >= 0.6 is 15.9 Å². The zero-order chi connectivity index (χ0) is 9.26. The van der Waals surface area contributed by atoms with E-state index in [9.17, 15) is 4.79 Å². The molecule has 0 radical (unpaired) electrons. The van der Waals surface area contributed by atoms with Gasteiger partial charge in [0.2, 0.25) is 0 Å². The fourth-order valence-corrected chi connectivity index (χ4v) is 1.31. The van der Waals surface area contributed by atoms with E-state index >= 15 is 0 Å². The van der Waals surface area contributed by atoms with Gasteiger partial charge in [0, 0.05) is 4.47 Å². The highest BCUT2D eigenvalue weighted by Crippen LogP contribution is 2.22. The number of halogens is 1. The van der Waals surface area contributed by atoms with E-state index in [1.54, 1.807) is 24.3 Å². The zero-order valence-corrected chi connectivity index (χ0v) is 8.32. The molecule has 3 heteroatoms. The van der Waals surface area contributed by atoms with Gasteiger partial charge >= 0.3 is 5.97 Å². The molecule has 0 saturated heterocycles. The molecule has 0 bridgehead atoms. The normalized spacial score (nSPS) is 14.2. The second kappa shape index (κ2) is 3.34. The molecule has 0 spiro atoms. The maximum Gasteiger partial charge on any atom is 0.322 e. The second-order valence-corrected chi connectivity index (χ2v) is 3.70. The molecular formula is C10H7BrO2. The molecule has 1 aliphatic carbocycles. The molecule has 0 saturated carbocycles. The highest BCUT2D eigenvalue weighted by atomic mass is 79.9. The number of hydrogen-bond acceptors (Lipinski definition) is 2. The topological polar surface area (TPSA) is 26.3 Å². The molecule has 2 rings (SSSR count). The van der Waals surface area contributed by atoms with E-state index in [0.717, 1.165) is 4.47 Å². The first kappa shape index (κ1) is 8.51. The third-order valence-corrected chi connectivity index (χ3v) is 2.16. The number of benzene rings is 1. The van der Waals surface area contributed by atoms with E-state index in [4.69, 9.17) is 4.74 Å². The van der Waals surface area contributed by atoms with Gasteiger partial charge in [0.05, 0.1) is 5.92 Å². The number of rotatable bonds is 2. The molecule has 1 aliphatic rings. The van der Waals surface area contributed by atoms with Gasteiger partial charge in [-0.05, 0) is 18.2 Å². The minimum Gasteiger partial charge on any atom is -0.426 e. The molecule has 0 aromatic heterocycles. The van der Waals surface area contributed by atoms with Crippen molar-refractivity contribution in [3.8, 4) is 5.75 Å². The van der Waals surface area contributed by atoms with Gasteiger partial charge in [-0.25, -0.2) is 0 Å². The lowest BCUT2D eigenvalue weighted by atomic mass is 10.3. The molecule has 0 amide bonds. The van der Waals surface area contributed by atoms with Gasteiger partial charge in [-0.2, -0.15) is 0 Å². The number of hydrogen-bond donors (Lipinski definition) is 0. The van der Waals surface area contributed by atoms with Crippen LogP contribution in [0, 0.1) is 5.92 Å². The lowest BCUT2D eigenvalue weighted by Crippen LogP contribution is -2.10. The Balaban J connectivity index is 2.04. The molecule has 1 aromatic rings. The summed E-state index contributed by atoms with van der Waals surface area (Å²) in [6.45, 7) is 0. The number of carbonyl (C=O) groups excluding carboxylic acids is 1. The minimum absolute atomic E-state index is 0.0982. The first-order chi connectivity index (χ1) is 6.25. The van der Waals surface area contributed by atoms with Gasteiger partial charge < -0.3 is 4.74 Å². The quantitative estimate of drug-likeness (QED) is 0.450. The predicted molar refractivity (Wildman–Crippen MR) is 52.4 cm³/mol. The second-order valence-electron chi connectivity index (χ2n) is 2.79. The van der Waals surface area contributed by atoms with Crippen LogP contribution in [0.15, 0.2) is 40.9 Å². The van der Waals surface area contributed by atoms with E-state index in [0.29, 0.717) is 5.75 Å². The van der Waals surface area contributed by atoms with Gasteiger partial charge in [-0.15, -0.1) is 0 Å². The third-order valence-electron chi connectivity index (χ3n) is 1.67. The van der Waals surface area contributed by atoms with Crippen LogP contribution in [0.5, 0.6) is 5.75 Å². The summed E-state index contributed by atoms with van der Waals surface area (Å²) >= 11 is 3.30. The summed E-state index contributed by atoms with van der Waals surface area (Å²) < 4.78 is 5.99. The molecule has 0 atom stereocenters. The predicted octanol–water partition coefficient (Wildman–Crippen LogP) is 2.54. The standard InChI is InChI=1S/C10H7BrO2/c11-8-2-1-3-9(6-8)13-10(12)7-4-5-7/h1-7H.